The lowest BCUT2D eigenvalue weighted by Gasteiger charge is -2.17. The van der Waals surface area contributed by atoms with Gasteiger partial charge in [-0.3, -0.25) is 4.68 Å². The zero-order valence-electron chi connectivity index (χ0n) is 13.2. The molecular weight excluding hydrogens is 236 g/mol. The topological polar surface area (TPSA) is 33.1 Å². The second-order valence-corrected chi connectivity index (χ2v) is 5.37. The first kappa shape index (κ1) is 16.2. The minimum atomic E-state index is 0.440. The van der Waals surface area contributed by atoms with Gasteiger partial charge >= 0.3 is 0 Å². The van der Waals surface area contributed by atoms with Crippen molar-refractivity contribution in [3.05, 3.63) is 17.5 Å². The fourth-order valence-corrected chi connectivity index (χ4v) is 2.15. The predicted molar refractivity (Wildman–Crippen MR) is 81.5 cm³/mol. The van der Waals surface area contributed by atoms with Crippen LogP contribution in [0.25, 0.3) is 0 Å². The van der Waals surface area contributed by atoms with Crippen LogP contribution in [-0.2, 0) is 6.54 Å². The molecule has 0 atom stereocenters. The summed E-state index contributed by atoms with van der Waals surface area (Å²) >= 11 is 0. The van der Waals surface area contributed by atoms with Gasteiger partial charge in [0.2, 0.25) is 0 Å². The van der Waals surface area contributed by atoms with Crippen molar-refractivity contribution in [3.63, 3.8) is 0 Å². The lowest BCUT2D eigenvalue weighted by atomic mass is 10.2. The van der Waals surface area contributed by atoms with E-state index in [2.05, 4.69) is 56.1 Å². The average molecular weight is 266 g/mol. The third-order valence-corrected chi connectivity index (χ3v) is 3.59. The van der Waals surface area contributed by atoms with Gasteiger partial charge in [0.1, 0.15) is 0 Å². The second-order valence-electron chi connectivity index (χ2n) is 5.37. The predicted octanol–water partition coefficient (Wildman–Crippen LogP) is 2.59. The van der Waals surface area contributed by atoms with Crippen LogP contribution in [0, 0.1) is 6.92 Å². The standard InChI is InChI=1S/C15H30N4/c1-6-18(7-2)10-8-9-16-11-15-12-19(13(3)4)17-14(15)5/h12-13,16H,6-11H2,1-5H3. The molecule has 19 heavy (non-hydrogen) atoms. The summed E-state index contributed by atoms with van der Waals surface area (Å²) in [6.07, 6.45) is 3.37. The van der Waals surface area contributed by atoms with Crippen molar-refractivity contribution in [2.45, 2.75) is 53.6 Å². The monoisotopic (exact) mass is 266 g/mol. The Hall–Kier alpha value is -0.870. The van der Waals surface area contributed by atoms with Gasteiger partial charge in [-0.1, -0.05) is 13.8 Å². The highest BCUT2D eigenvalue weighted by atomic mass is 15.3. The number of nitrogens with zero attached hydrogens (tertiary/aromatic N) is 3. The first-order valence-electron chi connectivity index (χ1n) is 7.56. The van der Waals surface area contributed by atoms with E-state index >= 15 is 0 Å². The minimum absolute atomic E-state index is 0.440. The molecule has 0 aliphatic carbocycles. The van der Waals surface area contributed by atoms with Gasteiger partial charge in [-0.25, -0.2) is 0 Å². The maximum absolute atomic E-state index is 4.53. The van der Waals surface area contributed by atoms with Crippen molar-refractivity contribution in [1.82, 2.24) is 20.0 Å². The van der Waals surface area contributed by atoms with E-state index in [0.717, 1.165) is 31.9 Å². The SMILES string of the molecule is CCN(CC)CCCNCc1cn(C(C)C)nc1C. The molecule has 1 aromatic rings. The fourth-order valence-electron chi connectivity index (χ4n) is 2.15. The summed E-state index contributed by atoms with van der Waals surface area (Å²) in [4.78, 5) is 2.46. The summed E-state index contributed by atoms with van der Waals surface area (Å²) in [7, 11) is 0. The summed E-state index contributed by atoms with van der Waals surface area (Å²) < 4.78 is 2.04. The van der Waals surface area contributed by atoms with E-state index in [1.54, 1.807) is 0 Å². The van der Waals surface area contributed by atoms with E-state index in [9.17, 15) is 0 Å². The smallest absolute Gasteiger partial charge is 0.0638 e. The highest BCUT2D eigenvalue weighted by Gasteiger charge is 2.06. The van der Waals surface area contributed by atoms with E-state index in [-0.39, 0.29) is 0 Å². The molecule has 0 aromatic carbocycles. The van der Waals surface area contributed by atoms with Crippen LogP contribution >= 0.6 is 0 Å². The largest absolute Gasteiger partial charge is 0.312 e. The molecule has 1 heterocycles. The molecule has 0 radical (unpaired) electrons. The second kappa shape index (κ2) is 8.33. The first-order chi connectivity index (χ1) is 9.08. The molecule has 0 aliphatic heterocycles. The van der Waals surface area contributed by atoms with Crippen molar-refractivity contribution in [2.24, 2.45) is 0 Å². The van der Waals surface area contributed by atoms with E-state index in [4.69, 9.17) is 0 Å². The van der Waals surface area contributed by atoms with E-state index in [1.807, 2.05) is 4.68 Å². The van der Waals surface area contributed by atoms with Crippen LogP contribution in [0.2, 0.25) is 0 Å². The Labute approximate surface area is 118 Å². The number of rotatable bonds is 9. The third kappa shape index (κ3) is 5.33. The fraction of sp³-hybridized carbons (Fsp3) is 0.800. The number of aromatic nitrogens is 2. The summed E-state index contributed by atoms with van der Waals surface area (Å²) in [6, 6.07) is 0.440. The van der Waals surface area contributed by atoms with E-state index < -0.39 is 0 Å². The lowest BCUT2D eigenvalue weighted by molar-refractivity contribution is 0.298. The molecular formula is C15H30N4. The molecule has 4 heteroatoms. The van der Waals surface area contributed by atoms with Gasteiger partial charge in [0, 0.05) is 24.3 Å². The summed E-state index contributed by atoms with van der Waals surface area (Å²) in [6.45, 7) is 16.3. The maximum atomic E-state index is 4.53. The Morgan fingerprint density at radius 2 is 2.00 bits per heavy atom. The molecule has 0 amide bonds. The van der Waals surface area contributed by atoms with Crippen molar-refractivity contribution in [3.8, 4) is 0 Å². The Morgan fingerprint density at radius 1 is 1.32 bits per heavy atom. The molecule has 0 fully saturated rings. The van der Waals surface area contributed by atoms with Gasteiger partial charge in [0.05, 0.1) is 5.69 Å². The molecule has 0 unspecified atom stereocenters. The van der Waals surface area contributed by atoms with Gasteiger partial charge in [0.25, 0.3) is 0 Å². The number of hydrogen-bond donors (Lipinski definition) is 1. The molecule has 110 valence electrons. The van der Waals surface area contributed by atoms with Gasteiger partial charge in [-0.15, -0.1) is 0 Å². The first-order valence-corrected chi connectivity index (χ1v) is 7.56. The highest BCUT2D eigenvalue weighted by Crippen LogP contribution is 2.10. The van der Waals surface area contributed by atoms with Crippen molar-refractivity contribution in [2.75, 3.05) is 26.2 Å². The summed E-state index contributed by atoms with van der Waals surface area (Å²) in [5, 5.41) is 8.05. The van der Waals surface area contributed by atoms with Crippen LogP contribution in [0.4, 0.5) is 0 Å². The van der Waals surface area contributed by atoms with E-state index in [1.165, 1.54) is 18.5 Å². The molecule has 0 aliphatic rings. The number of hydrogen-bond acceptors (Lipinski definition) is 3. The van der Waals surface area contributed by atoms with Gasteiger partial charge in [-0.2, -0.15) is 5.10 Å². The molecule has 1 aromatic heterocycles. The minimum Gasteiger partial charge on any atom is -0.312 e. The molecule has 0 saturated heterocycles. The Kier molecular flexibility index (Phi) is 7.10. The number of nitrogens with one attached hydrogen (secondary N) is 1. The van der Waals surface area contributed by atoms with Crippen LogP contribution in [0.3, 0.4) is 0 Å². The number of aryl methyl sites for hydroxylation is 1. The normalized spacial score (nSPS) is 11.7. The molecule has 1 N–H and O–H groups in total. The Morgan fingerprint density at radius 3 is 2.53 bits per heavy atom. The summed E-state index contributed by atoms with van der Waals surface area (Å²) in [5.74, 6) is 0. The molecule has 0 saturated carbocycles. The maximum Gasteiger partial charge on any atom is 0.0638 e. The van der Waals surface area contributed by atoms with Crippen molar-refractivity contribution in [1.29, 1.82) is 0 Å². The zero-order chi connectivity index (χ0) is 14.3. The molecule has 4 nitrogen and oxygen atoms in total. The van der Waals surface area contributed by atoms with Crippen molar-refractivity contribution >= 4 is 0 Å². The van der Waals surface area contributed by atoms with Crippen molar-refractivity contribution < 1.29 is 0 Å². The Bertz CT molecular complexity index is 353. The zero-order valence-corrected chi connectivity index (χ0v) is 13.2. The lowest BCUT2D eigenvalue weighted by Crippen LogP contribution is -2.27. The Balaban J connectivity index is 2.26. The molecule has 0 bridgehead atoms. The molecule has 1 rings (SSSR count). The van der Waals surface area contributed by atoms with Gasteiger partial charge in [-0.05, 0) is 53.4 Å². The highest BCUT2D eigenvalue weighted by molar-refractivity contribution is 5.15. The quantitative estimate of drug-likeness (QED) is 0.697. The van der Waals surface area contributed by atoms with Gasteiger partial charge in [0.15, 0.2) is 0 Å². The van der Waals surface area contributed by atoms with Crippen LogP contribution in [0.5, 0.6) is 0 Å². The van der Waals surface area contributed by atoms with E-state index in [0.29, 0.717) is 6.04 Å². The molecule has 0 spiro atoms. The van der Waals surface area contributed by atoms with Crippen LogP contribution in [0.15, 0.2) is 6.20 Å². The van der Waals surface area contributed by atoms with Crippen LogP contribution in [0.1, 0.15) is 51.4 Å². The average Bonchev–Trinajstić information content (AvgIpc) is 2.76. The van der Waals surface area contributed by atoms with Crippen LogP contribution in [-0.4, -0.2) is 40.9 Å². The summed E-state index contributed by atoms with van der Waals surface area (Å²) in [5.41, 5.74) is 2.46. The third-order valence-electron chi connectivity index (χ3n) is 3.59. The van der Waals surface area contributed by atoms with Gasteiger partial charge < -0.3 is 10.2 Å². The van der Waals surface area contributed by atoms with Crippen LogP contribution < -0.4 is 5.32 Å².